The third kappa shape index (κ3) is 2.22. The zero-order valence-corrected chi connectivity index (χ0v) is 14.5. The molecular formula is C18H16N6O2. The van der Waals surface area contributed by atoms with Crippen molar-refractivity contribution in [3.8, 4) is 0 Å². The Hall–Kier alpha value is -3.42. The van der Waals surface area contributed by atoms with Gasteiger partial charge < -0.3 is 9.80 Å². The largest absolute Gasteiger partial charge is 0.309 e. The lowest BCUT2D eigenvalue weighted by Crippen LogP contribution is -2.36. The molecule has 4 heterocycles. The maximum atomic E-state index is 12.8. The van der Waals surface area contributed by atoms with Crippen molar-refractivity contribution in [2.24, 2.45) is 10.2 Å². The van der Waals surface area contributed by atoms with Crippen LogP contribution in [0.25, 0.3) is 0 Å². The van der Waals surface area contributed by atoms with Crippen molar-refractivity contribution in [3.63, 3.8) is 0 Å². The topological polar surface area (TPSA) is 91.1 Å². The molecule has 2 amide bonds. The molecule has 0 bridgehead atoms. The van der Waals surface area contributed by atoms with Gasteiger partial charge in [-0.1, -0.05) is 0 Å². The monoisotopic (exact) mass is 348 g/mol. The molecular weight excluding hydrogens is 332 g/mol. The molecule has 0 saturated heterocycles. The molecule has 8 heteroatoms. The summed E-state index contributed by atoms with van der Waals surface area (Å²) >= 11 is 0. The van der Waals surface area contributed by atoms with E-state index in [1.165, 1.54) is 4.90 Å². The Balaban J connectivity index is 1.82. The minimum Gasteiger partial charge on any atom is -0.309 e. The number of likely N-dealkylation sites (N-methyl/N-ethyl adjacent to an activating group) is 1. The van der Waals surface area contributed by atoms with Gasteiger partial charge in [-0.2, -0.15) is 0 Å². The van der Waals surface area contributed by atoms with E-state index in [1.807, 2.05) is 13.8 Å². The Bertz CT molecular complexity index is 995. The maximum absolute atomic E-state index is 12.8. The number of carbonyl (C=O) groups excluding carboxylic acids is 2. The van der Waals surface area contributed by atoms with Crippen LogP contribution in [0.1, 0.15) is 25.0 Å². The summed E-state index contributed by atoms with van der Waals surface area (Å²) in [6.45, 7) is 3.85. The second-order valence-corrected chi connectivity index (χ2v) is 6.32. The maximum Gasteiger partial charge on any atom is 0.279 e. The Morgan fingerprint density at radius 2 is 1.42 bits per heavy atom. The average molecular weight is 348 g/mol. The Morgan fingerprint density at radius 3 is 2.04 bits per heavy atom. The van der Waals surface area contributed by atoms with Crippen LogP contribution in [0.15, 0.2) is 47.1 Å². The first kappa shape index (κ1) is 16.1. The summed E-state index contributed by atoms with van der Waals surface area (Å²) in [6.07, 6.45) is 6.41. The molecule has 8 nitrogen and oxygen atoms in total. The van der Waals surface area contributed by atoms with E-state index in [2.05, 4.69) is 20.2 Å². The summed E-state index contributed by atoms with van der Waals surface area (Å²) in [5.41, 5.74) is 3.03. The van der Waals surface area contributed by atoms with Crippen LogP contribution >= 0.6 is 0 Å². The third-order valence-electron chi connectivity index (χ3n) is 4.42. The third-order valence-corrected chi connectivity index (χ3v) is 4.42. The van der Waals surface area contributed by atoms with Crippen molar-refractivity contribution < 1.29 is 9.59 Å². The summed E-state index contributed by atoms with van der Waals surface area (Å²) in [7, 11) is 1.66. The molecule has 130 valence electrons. The second-order valence-electron chi connectivity index (χ2n) is 6.32. The summed E-state index contributed by atoms with van der Waals surface area (Å²) in [5.74, 6) is -0.535. The summed E-state index contributed by atoms with van der Waals surface area (Å²) < 4.78 is 0. The van der Waals surface area contributed by atoms with Gasteiger partial charge in [0, 0.05) is 49.0 Å². The van der Waals surface area contributed by atoms with Crippen molar-refractivity contribution in [1.82, 2.24) is 9.97 Å². The van der Waals surface area contributed by atoms with E-state index in [0.717, 1.165) is 5.69 Å². The van der Waals surface area contributed by atoms with Gasteiger partial charge in [0.1, 0.15) is 0 Å². The molecule has 2 aromatic heterocycles. The van der Waals surface area contributed by atoms with E-state index in [-0.39, 0.29) is 29.3 Å². The number of aromatic nitrogens is 2. The molecule has 0 spiro atoms. The SMILES string of the molecule is CC(C)N1C(=O)/C(=N\N=C2/C(=O)N(C)c3ccncc32)c2cnccc21. The van der Waals surface area contributed by atoms with Crippen LogP contribution in [0.3, 0.4) is 0 Å². The van der Waals surface area contributed by atoms with Gasteiger partial charge in [-0.15, -0.1) is 10.2 Å². The van der Waals surface area contributed by atoms with Gasteiger partial charge in [0.05, 0.1) is 11.4 Å². The molecule has 2 aliphatic rings. The number of hydrogen-bond donors (Lipinski definition) is 0. The number of carbonyl (C=O) groups is 2. The predicted octanol–water partition coefficient (Wildman–Crippen LogP) is 1.40. The summed E-state index contributed by atoms with van der Waals surface area (Å²) in [6, 6.07) is 3.48. The van der Waals surface area contributed by atoms with Gasteiger partial charge in [0.2, 0.25) is 0 Å². The zero-order valence-electron chi connectivity index (χ0n) is 14.5. The molecule has 0 saturated carbocycles. The number of hydrogen-bond acceptors (Lipinski definition) is 6. The molecule has 0 radical (unpaired) electrons. The fourth-order valence-electron chi connectivity index (χ4n) is 3.17. The van der Waals surface area contributed by atoms with Crippen molar-refractivity contribution in [3.05, 3.63) is 48.0 Å². The normalized spacial score (nSPS) is 19.1. The minimum absolute atomic E-state index is 0.0341. The lowest BCUT2D eigenvalue weighted by atomic mass is 10.2. The molecule has 0 unspecified atom stereocenters. The van der Waals surface area contributed by atoms with Crippen LogP contribution in [0.2, 0.25) is 0 Å². The van der Waals surface area contributed by atoms with Crippen molar-refractivity contribution >= 4 is 34.6 Å². The van der Waals surface area contributed by atoms with Gasteiger partial charge in [0.15, 0.2) is 11.4 Å². The first-order chi connectivity index (χ1) is 12.5. The Kier molecular flexibility index (Phi) is 3.61. The predicted molar refractivity (Wildman–Crippen MR) is 97.6 cm³/mol. The molecule has 0 aliphatic carbocycles. The molecule has 0 fully saturated rings. The number of nitrogens with zero attached hydrogens (tertiary/aromatic N) is 6. The quantitative estimate of drug-likeness (QED) is 0.767. The first-order valence-electron chi connectivity index (χ1n) is 8.16. The van der Waals surface area contributed by atoms with Gasteiger partial charge in [-0.25, -0.2) is 0 Å². The van der Waals surface area contributed by atoms with Gasteiger partial charge in [-0.3, -0.25) is 19.6 Å². The van der Waals surface area contributed by atoms with E-state index in [1.54, 1.807) is 48.9 Å². The molecule has 2 aromatic rings. The first-order valence-corrected chi connectivity index (χ1v) is 8.16. The summed E-state index contributed by atoms with van der Waals surface area (Å²) in [5, 5.41) is 8.26. The van der Waals surface area contributed by atoms with Crippen molar-refractivity contribution in [2.45, 2.75) is 19.9 Å². The number of anilines is 2. The second kappa shape index (κ2) is 5.83. The van der Waals surface area contributed by atoms with E-state index >= 15 is 0 Å². The van der Waals surface area contributed by atoms with Crippen LogP contribution in [0.4, 0.5) is 11.4 Å². The molecule has 0 aromatic carbocycles. The van der Waals surface area contributed by atoms with Gasteiger partial charge in [0.25, 0.3) is 11.8 Å². The van der Waals surface area contributed by atoms with Gasteiger partial charge >= 0.3 is 0 Å². The van der Waals surface area contributed by atoms with Crippen LogP contribution in [0.5, 0.6) is 0 Å². The fraction of sp³-hybridized carbons (Fsp3) is 0.222. The van der Waals surface area contributed by atoms with Gasteiger partial charge in [-0.05, 0) is 26.0 Å². The standard InChI is InChI=1S/C18H16N6O2/c1-10(2)24-14-5-7-20-9-12(14)16(18(24)26)22-21-15-11-8-19-6-4-13(11)23(3)17(15)25/h4-10H,1-3H3/b21-15-,22-16-. The Morgan fingerprint density at radius 1 is 0.885 bits per heavy atom. The van der Waals surface area contributed by atoms with Crippen LogP contribution in [-0.2, 0) is 9.59 Å². The molecule has 0 atom stereocenters. The van der Waals surface area contributed by atoms with E-state index in [0.29, 0.717) is 16.8 Å². The highest BCUT2D eigenvalue weighted by Crippen LogP contribution is 2.31. The average Bonchev–Trinajstić information content (AvgIpc) is 3.05. The summed E-state index contributed by atoms with van der Waals surface area (Å²) in [4.78, 5) is 36.5. The molecule has 0 N–H and O–H groups in total. The number of fused-ring (bicyclic) bond motifs is 2. The van der Waals surface area contributed by atoms with E-state index in [9.17, 15) is 9.59 Å². The lowest BCUT2D eigenvalue weighted by molar-refractivity contribution is -0.113. The molecule has 26 heavy (non-hydrogen) atoms. The highest BCUT2D eigenvalue weighted by Gasteiger charge is 2.36. The molecule has 2 aliphatic heterocycles. The number of rotatable bonds is 2. The minimum atomic E-state index is -0.282. The number of amides is 2. The highest BCUT2D eigenvalue weighted by atomic mass is 16.2. The van der Waals surface area contributed by atoms with Crippen molar-refractivity contribution in [1.29, 1.82) is 0 Å². The van der Waals surface area contributed by atoms with Crippen LogP contribution in [-0.4, -0.2) is 46.3 Å². The van der Waals surface area contributed by atoms with Crippen LogP contribution in [0, 0.1) is 0 Å². The van der Waals surface area contributed by atoms with E-state index in [4.69, 9.17) is 0 Å². The zero-order chi connectivity index (χ0) is 18.4. The van der Waals surface area contributed by atoms with Crippen molar-refractivity contribution in [2.75, 3.05) is 16.8 Å². The smallest absolute Gasteiger partial charge is 0.279 e. The van der Waals surface area contributed by atoms with E-state index < -0.39 is 0 Å². The lowest BCUT2D eigenvalue weighted by Gasteiger charge is -2.20. The van der Waals surface area contributed by atoms with Crippen LogP contribution < -0.4 is 9.80 Å². The molecule has 4 rings (SSSR count). The Labute approximate surface area is 149 Å². The highest BCUT2D eigenvalue weighted by molar-refractivity contribution is 6.56. The fourth-order valence-corrected chi connectivity index (χ4v) is 3.17. The number of pyridine rings is 2.